The lowest BCUT2D eigenvalue weighted by molar-refractivity contribution is 1.13. The number of nitrogens with one attached hydrogen (secondary N) is 1. The van der Waals surface area contributed by atoms with Crippen molar-refractivity contribution in [1.29, 1.82) is 0 Å². The predicted octanol–water partition coefficient (Wildman–Crippen LogP) is 4.96. The lowest BCUT2D eigenvalue weighted by Crippen LogP contribution is -2.08. The van der Waals surface area contributed by atoms with Gasteiger partial charge in [0.15, 0.2) is 0 Å². The summed E-state index contributed by atoms with van der Waals surface area (Å²) in [4.78, 5) is 10.8. The summed E-state index contributed by atoms with van der Waals surface area (Å²) in [5, 5.41) is 4.31. The number of fused-ring (bicyclic) bond motifs is 1. The zero-order valence-corrected chi connectivity index (χ0v) is 15.3. The maximum atomic E-state index is 4.37. The molecular formula is C16H14Br2N4. The molecule has 0 saturated carbocycles. The second kappa shape index (κ2) is 6.22. The molecule has 0 aliphatic heterocycles. The number of hydrogen-bond donors (Lipinski definition) is 1. The normalized spacial score (nSPS) is 10.7. The van der Waals surface area contributed by atoms with E-state index in [-0.39, 0.29) is 0 Å². The molecule has 4 nitrogen and oxygen atoms in total. The van der Waals surface area contributed by atoms with Crippen LogP contribution >= 0.6 is 31.9 Å². The van der Waals surface area contributed by atoms with Crippen LogP contribution in [0.4, 0.5) is 17.2 Å². The van der Waals surface area contributed by atoms with Gasteiger partial charge >= 0.3 is 0 Å². The van der Waals surface area contributed by atoms with Crippen molar-refractivity contribution in [2.24, 2.45) is 0 Å². The first-order chi connectivity index (χ1) is 10.5. The second-order valence-electron chi connectivity index (χ2n) is 5.07. The topological polar surface area (TPSA) is 41.0 Å². The number of anilines is 3. The van der Waals surface area contributed by atoms with Crippen LogP contribution in [0.2, 0.25) is 0 Å². The molecule has 0 saturated heterocycles. The van der Waals surface area contributed by atoms with Gasteiger partial charge in [-0.25, -0.2) is 9.97 Å². The molecular weight excluding hydrogens is 408 g/mol. The van der Waals surface area contributed by atoms with E-state index < -0.39 is 0 Å². The monoisotopic (exact) mass is 420 g/mol. The summed E-state index contributed by atoms with van der Waals surface area (Å²) in [5.41, 5.74) is 3.02. The Labute approximate surface area is 145 Å². The van der Waals surface area contributed by atoms with Gasteiger partial charge in [0.25, 0.3) is 0 Å². The lowest BCUT2D eigenvalue weighted by atomic mass is 10.2. The first-order valence-electron chi connectivity index (χ1n) is 6.69. The summed E-state index contributed by atoms with van der Waals surface area (Å²) in [6, 6.07) is 12.2. The van der Waals surface area contributed by atoms with Crippen molar-refractivity contribution in [2.45, 2.75) is 0 Å². The molecule has 112 valence electrons. The molecule has 3 aromatic rings. The van der Waals surface area contributed by atoms with Crippen LogP contribution in [0.1, 0.15) is 0 Å². The Morgan fingerprint density at radius 2 is 1.73 bits per heavy atom. The average Bonchev–Trinajstić information content (AvgIpc) is 2.48. The van der Waals surface area contributed by atoms with Crippen molar-refractivity contribution < 1.29 is 0 Å². The number of aromatic nitrogens is 2. The fraction of sp³-hybridized carbons (Fsp3) is 0.125. The van der Waals surface area contributed by atoms with E-state index in [4.69, 9.17) is 0 Å². The van der Waals surface area contributed by atoms with Gasteiger partial charge in [-0.3, -0.25) is 0 Å². The highest BCUT2D eigenvalue weighted by molar-refractivity contribution is 9.11. The zero-order valence-electron chi connectivity index (χ0n) is 12.1. The Kier molecular flexibility index (Phi) is 4.31. The number of rotatable bonds is 3. The number of hydrogen-bond acceptors (Lipinski definition) is 4. The van der Waals surface area contributed by atoms with Gasteiger partial charge in [0, 0.05) is 39.8 Å². The summed E-state index contributed by atoms with van der Waals surface area (Å²) in [6.07, 6.45) is 1.57. The summed E-state index contributed by atoms with van der Waals surface area (Å²) in [7, 11) is 4.05. The Hall–Kier alpha value is -1.66. The molecule has 0 aliphatic carbocycles. The summed E-state index contributed by atoms with van der Waals surface area (Å²) < 4.78 is 1.91. The van der Waals surface area contributed by atoms with E-state index in [0.717, 1.165) is 37.0 Å². The van der Waals surface area contributed by atoms with Crippen LogP contribution in [0.15, 0.2) is 51.7 Å². The van der Waals surface area contributed by atoms with Gasteiger partial charge in [-0.05, 0) is 52.3 Å². The van der Waals surface area contributed by atoms with Crippen LogP contribution in [-0.4, -0.2) is 24.1 Å². The average molecular weight is 422 g/mol. The molecule has 1 aromatic heterocycles. The maximum absolute atomic E-state index is 4.37. The largest absolute Gasteiger partial charge is 0.378 e. The molecule has 0 unspecified atom stereocenters. The molecule has 0 bridgehead atoms. The van der Waals surface area contributed by atoms with Gasteiger partial charge in [0.05, 0.1) is 5.52 Å². The number of benzene rings is 2. The molecule has 1 heterocycles. The van der Waals surface area contributed by atoms with Crippen molar-refractivity contribution >= 4 is 60.0 Å². The van der Waals surface area contributed by atoms with Crippen LogP contribution in [0.5, 0.6) is 0 Å². The Morgan fingerprint density at radius 3 is 2.41 bits per heavy atom. The smallest absolute Gasteiger partial charge is 0.141 e. The van der Waals surface area contributed by atoms with Crippen molar-refractivity contribution in [1.82, 2.24) is 9.97 Å². The zero-order chi connectivity index (χ0) is 15.7. The minimum atomic E-state index is 0.782. The fourth-order valence-electron chi connectivity index (χ4n) is 2.17. The molecule has 1 N–H and O–H groups in total. The highest BCUT2D eigenvalue weighted by Gasteiger charge is 2.08. The lowest BCUT2D eigenvalue weighted by Gasteiger charge is -2.14. The SMILES string of the molecule is CN(C)c1ccc(Nc2ncnc3c(Br)cc(Br)cc23)cc1. The second-order valence-corrected chi connectivity index (χ2v) is 6.84. The third-order valence-corrected chi connectivity index (χ3v) is 4.37. The summed E-state index contributed by atoms with van der Waals surface area (Å²) >= 11 is 7.05. The third-order valence-electron chi connectivity index (χ3n) is 3.30. The van der Waals surface area contributed by atoms with E-state index in [2.05, 4.69) is 64.2 Å². The van der Waals surface area contributed by atoms with Crippen molar-refractivity contribution in [3.05, 3.63) is 51.7 Å². The molecule has 0 spiro atoms. The molecule has 0 amide bonds. The van der Waals surface area contributed by atoms with Crippen molar-refractivity contribution in [3.63, 3.8) is 0 Å². The van der Waals surface area contributed by atoms with Crippen LogP contribution in [0.25, 0.3) is 10.9 Å². The van der Waals surface area contributed by atoms with Gasteiger partial charge in [0.2, 0.25) is 0 Å². The van der Waals surface area contributed by atoms with E-state index in [9.17, 15) is 0 Å². The minimum Gasteiger partial charge on any atom is -0.378 e. The highest BCUT2D eigenvalue weighted by atomic mass is 79.9. The van der Waals surface area contributed by atoms with E-state index >= 15 is 0 Å². The van der Waals surface area contributed by atoms with Crippen LogP contribution < -0.4 is 10.2 Å². The summed E-state index contributed by atoms with van der Waals surface area (Å²) in [6.45, 7) is 0. The van der Waals surface area contributed by atoms with Crippen LogP contribution in [0, 0.1) is 0 Å². The molecule has 2 aromatic carbocycles. The Balaban J connectivity index is 2.00. The highest BCUT2D eigenvalue weighted by Crippen LogP contribution is 2.31. The number of nitrogens with zero attached hydrogens (tertiary/aromatic N) is 3. The quantitative estimate of drug-likeness (QED) is 0.648. The van der Waals surface area contributed by atoms with E-state index in [1.54, 1.807) is 6.33 Å². The van der Waals surface area contributed by atoms with Crippen LogP contribution in [0.3, 0.4) is 0 Å². The number of halogens is 2. The van der Waals surface area contributed by atoms with Gasteiger partial charge in [-0.1, -0.05) is 15.9 Å². The Morgan fingerprint density at radius 1 is 1.00 bits per heavy atom. The van der Waals surface area contributed by atoms with Crippen molar-refractivity contribution in [2.75, 3.05) is 24.3 Å². The fourth-order valence-corrected chi connectivity index (χ4v) is 3.50. The minimum absolute atomic E-state index is 0.782. The predicted molar refractivity (Wildman–Crippen MR) is 99.0 cm³/mol. The third kappa shape index (κ3) is 3.08. The first kappa shape index (κ1) is 15.2. The molecule has 6 heteroatoms. The molecule has 0 radical (unpaired) electrons. The standard InChI is InChI=1S/C16H14Br2N4/c1-22(2)12-5-3-11(4-6-12)21-16-13-7-10(17)8-14(18)15(13)19-9-20-16/h3-9H,1-2H3,(H,19,20,21). The molecule has 3 rings (SSSR count). The molecule has 0 fully saturated rings. The van der Waals surface area contributed by atoms with Gasteiger partial charge in [0.1, 0.15) is 12.1 Å². The van der Waals surface area contributed by atoms with Gasteiger partial charge in [-0.2, -0.15) is 0 Å². The van der Waals surface area contributed by atoms with Crippen molar-refractivity contribution in [3.8, 4) is 0 Å². The molecule has 22 heavy (non-hydrogen) atoms. The summed E-state index contributed by atoms with van der Waals surface area (Å²) in [5.74, 6) is 0.782. The Bertz CT molecular complexity index is 816. The van der Waals surface area contributed by atoms with E-state index in [1.165, 1.54) is 0 Å². The van der Waals surface area contributed by atoms with Crippen LogP contribution in [-0.2, 0) is 0 Å². The molecule has 0 aliphatic rings. The van der Waals surface area contributed by atoms with Gasteiger partial charge in [-0.15, -0.1) is 0 Å². The van der Waals surface area contributed by atoms with E-state index in [0.29, 0.717) is 0 Å². The first-order valence-corrected chi connectivity index (χ1v) is 8.27. The van der Waals surface area contributed by atoms with E-state index in [1.807, 2.05) is 38.4 Å². The van der Waals surface area contributed by atoms with Gasteiger partial charge < -0.3 is 10.2 Å². The molecule has 0 atom stereocenters. The maximum Gasteiger partial charge on any atom is 0.141 e.